The predicted molar refractivity (Wildman–Crippen MR) is 166 cm³/mol. The van der Waals surface area contributed by atoms with E-state index in [-0.39, 0.29) is 44.4 Å². The van der Waals surface area contributed by atoms with Crippen molar-refractivity contribution >= 4 is 36.1 Å². The highest BCUT2D eigenvalue weighted by Gasteiger charge is 2.41. The Kier molecular flexibility index (Phi) is 17.3. The molecular formula is C27H50O16P3S-3. The first kappa shape index (κ1) is 41.9. The van der Waals surface area contributed by atoms with Gasteiger partial charge in [0.05, 0.1) is 69.2 Å². The molecule has 0 amide bonds. The first-order chi connectivity index (χ1) is 22.0. The van der Waals surface area contributed by atoms with Gasteiger partial charge in [-0.05, 0) is 53.2 Å². The number of unbranched alkanes of at least 4 members (excludes halogenated alkanes) is 3. The third-order valence-corrected chi connectivity index (χ3v) is 10.9. The molecule has 0 spiro atoms. The zero-order valence-electron chi connectivity index (χ0n) is 27.6. The summed E-state index contributed by atoms with van der Waals surface area (Å²) in [5, 5.41) is 0. The minimum atomic E-state index is -5.02. The Labute approximate surface area is 283 Å². The van der Waals surface area contributed by atoms with Gasteiger partial charge in [0.2, 0.25) is 0 Å². The summed E-state index contributed by atoms with van der Waals surface area (Å²) in [5.74, 6) is 0.753. The van der Waals surface area contributed by atoms with Crippen molar-refractivity contribution in [1.82, 2.24) is 0 Å². The minimum Gasteiger partial charge on any atom is -0.756 e. The highest BCUT2D eigenvalue weighted by atomic mass is 32.1. The van der Waals surface area contributed by atoms with Crippen molar-refractivity contribution in [2.75, 3.05) is 32.2 Å². The smallest absolute Gasteiger partial charge is 0.268 e. The number of rotatable bonds is 22. The topological polar surface area (TPSA) is 213 Å². The van der Waals surface area contributed by atoms with Crippen LogP contribution in [-0.4, -0.2) is 93.2 Å². The van der Waals surface area contributed by atoms with Crippen LogP contribution in [0, 0.1) is 0 Å². The molecule has 3 fully saturated rings. The number of phosphoric ester groups is 3. The molecule has 20 heteroatoms. The van der Waals surface area contributed by atoms with Crippen LogP contribution in [0.3, 0.4) is 0 Å². The lowest BCUT2D eigenvalue weighted by Gasteiger charge is -2.32. The maximum atomic E-state index is 12.8. The molecule has 3 unspecified atom stereocenters. The van der Waals surface area contributed by atoms with E-state index >= 15 is 0 Å². The fraction of sp³-hybridized carbons (Fsp3) is 1.00. The Morgan fingerprint density at radius 2 is 1.04 bits per heavy atom. The van der Waals surface area contributed by atoms with Crippen LogP contribution in [0.5, 0.6) is 0 Å². The van der Waals surface area contributed by atoms with Crippen molar-refractivity contribution in [1.29, 1.82) is 0 Å². The van der Waals surface area contributed by atoms with Crippen molar-refractivity contribution in [3.05, 3.63) is 0 Å². The van der Waals surface area contributed by atoms with Gasteiger partial charge >= 0.3 is 0 Å². The normalized spacial score (nSPS) is 35.2. The Bertz CT molecular complexity index is 1090. The molecule has 3 saturated heterocycles. The number of hydrogen-bond acceptors (Lipinski definition) is 17. The van der Waals surface area contributed by atoms with Crippen LogP contribution in [0.25, 0.3) is 0 Å². The molecule has 0 aromatic rings. The zero-order valence-corrected chi connectivity index (χ0v) is 31.2. The van der Waals surface area contributed by atoms with Gasteiger partial charge in [-0.3, -0.25) is 13.7 Å². The summed E-state index contributed by atoms with van der Waals surface area (Å²) in [6, 6.07) is 0. The molecule has 0 saturated carbocycles. The van der Waals surface area contributed by atoms with Gasteiger partial charge in [0.25, 0.3) is 23.5 Å². The largest absolute Gasteiger partial charge is 0.756 e. The SMILES string of the molecule is CC(C)O[C@H]1C[C@H](C)O[C@@H]1COP(=O)([O-])O[C@H]1C[C@H](C)O[C@@H]1COP(=O)([O-])O[C@H]1C[C@H](C)O[C@@H]1COP(=O)([O-])OCCCCCCS. The number of ether oxygens (including phenoxy) is 4. The quantitative estimate of drug-likeness (QED) is 0.0955. The second-order valence-corrected chi connectivity index (χ2v) is 17.0. The fourth-order valence-corrected chi connectivity index (χ4v) is 8.45. The molecule has 12 atom stereocenters. The van der Waals surface area contributed by atoms with Gasteiger partial charge in [-0.2, -0.15) is 12.6 Å². The Hall–Kier alpha value is 0.520. The molecule has 0 aliphatic carbocycles. The van der Waals surface area contributed by atoms with E-state index in [2.05, 4.69) is 12.6 Å². The summed E-state index contributed by atoms with van der Waals surface area (Å²) in [6.45, 7) is 7.45. The van der Waals surface area contributed by atoms with Crippen LogP contribution in [-0.2, 0) is 59.8 Å². The highest BCUT2D eigenvalue weighted by Crippen LogP contribution is 2.48. The number of hydrogen-bond donors (Lipinski definition) is 1. The summed E-state index contributed by atoms with van der Waals surface area (Å²) in [5.41, 5.74) is 0. The molecule has 0 N–H and O–H groups in total. The van der Waals surface area contributed by atoms with E-state index in [1.54, 1.807) is 13.8 Å². The van der Waals surface area contributed by atoms with Crippen molar-refractivity contribution in [2.45, 2.75) is 141 Å². The average molecular weight is 756 g/mol. The van der Waals surface area contributed by atoms with Crippen molar-refractivity contribution in [2.24, 2.45) is 0 Å². The van der Waals surface area contributed by atoms with E-state index in [9.17, 15) is 28.4 Å². The zero-order chi connectivity index (χ0) is 34.8. The van der Waals surface area contributed by atoms with E-state index in [0.717, 1.165) is 25.0 Å². The van der Waals surface area contributed by atoms with Crippen LogP contribution < -0.4 is 14.7 Å². The van der Waals surface area contributed by atoms with Crippen LogP contribution in [0.4, 0.5) is 0 Å². The van der Waals surface area contributed by atoms with E-state index < -0.39 is 79.4 Å². The Morgan fingerprint density at radius 3 is 1.49 bits per heavy atom. The predicted octanol–water partition coefficient (Wildman–Crippen LogP) is 3.04. The van der Waals surface area contributed by atoms with Crippen molar-refractivity contribution < 1.29 is 74.5 Å². The van der Waals surface area contributed by atoms with Crippen LogP contribution in [0.15, 0.2) is 0 Å². The van der Waals surface area contributed by atoms with Gasteiger partial charge in [-0.1, -0.05) is 12.8 Å². The second-order valence-electron chi connectivity index (χ2n) is 12.4. The molecular weight excluding hydrogens is 705 g/mol. The van der Waals surface area contributed by atoms with E-state index in [1.165, 1.54) is 0 Å². The Balaban J connectivity index is 1.47. The lowest BCUT2D eigenvalue weighted by atomic mass is 10.1. The van der Waals surface area contributed by atoms with Gasteiger partial charge in [0.1, 0.15) is 18.3 Å². The van der Waals surface area contributed by atoms with Crippen LogP contribution in [0.1, 0.15) is 79.6 Å². The molecule has 16 nitrogen and oxygen atoms in total. The summed E-state index contributed by atoms with van der Waals surface area (Å²) in [7, 11) is -14.5. The van der Waals surface area contributed by atoms with E-state index in [4.69, 9.17) is 46.1 Å². The van der Waals surface area contributed by atoms with E-state index in [1.807, 2.05) is 20.8 Å². The molecule has 3 heterocycles. The van der Waals surface area contributed by atoms with Gasteiger partial charge < -0.3 is 60.8 Å². The Morgan fingerprint density at radius 1 is 0.638 bits per heavy atom. The lowest BCUT2D eigenvalue weighted by Crippen LogP contribution is -2.34. The lowest BCUT2D eigenvalue weighted by molar-refractivity contribution is -0.238. The molecule has 47 heavy (non-hydrogen) atoms. The van der Waals surface area contributed by atoms with Gasteiger partial charge in [-0.25, -0.2) is 0 Å². The number of phosphoric acid groups is 3. The molecule has 0 aromatic carbocycles. The van der Waals surface area contributed by atoms with Crippen LogP contribution in [0.2, 0.25) is 0 Å². The first-order valence-electron chi connectivity index (χ1n) is 16.1. The molecule has 0 radical (unpaired) electrons. The van der Waals surface area contributed by atoms with Gasteiger partial charge in [0.15, 0.2) is 0 Å². The molecule has 3 aliphatic rings. The maximum absolute atomic E-state index is 12.8. The standard InChI is InChI=1S/C27H53O16P3S/c1-18(2)38-22-12-19(3)39-25(22)15-36-45(30,31)43-24-14-21(5)41-27(24)17-37-46(32,33)42-23-13-20(4)40-26(23)16-35-44(28,29)34-10-8-6-7-9-11-47/h18-27,47H,6-17H2,1-5H3,(H,28,29)(H,30,31)(H,32,33)/p-3/t19-,20-,21-,22-,23-,24-,25+,26+,27+/m0/s1. The van der Waals surface area contributed by atoms with Gasteiger partial charge in [-0.15, -0.1) is 0 Å². The third kappa shape index (κ3) is 15.3. The summed E-state index contributed by atoms with van der Waals surface area (Å²) < 4.78 is 91.0. The molecule has 0 bridgehead atoms. The van der Waals surface area contributed by atoms with E-state index in [0.29, 0.717) is 12.8 Å². The number of thiol groups is 1. The molecule has 0 aromatic heterocycles. The summed E-state index contributed by atoms with van der Waals surface area (Å²) in [6.07, 6.45) is -2.45. The minimum absolute atomic E-state index is 0.0404. The van der Waals surface area contributed by atoms with Crippen LogP contribution >= 0.6 is 36.1 Å². The average Bonchev–Trinajstić information content (AvgIpc) is 3.61. The van der Waals surface area contributed by atoms with Gasteiger partial charge in [0, 0.05) is 19.3 Å². The summed E-state index contributed by atoms with van der Waals surface area (Å²) >= 11 is 4.13. The van der Waals surface area contributed by atoms with Crippen molar-refractivity contribution in [3.63, 3.8) is 0 Å². The molecule has 278 valence electrons. The first-order valence-corrected chi connectivity index (χ1v) is 21.1. The highest BCUT2D eigenvalue weighted by molar-refractivity contribution is 7.80. The van der Waals surface area contributed by atoms with Crippen molar-refractivity contribution in [3.8, 4) is 0 Å². The second kappa shape index (κ2) is 19.4. The maximum Gasteiger partial charge on any atom is 0.268 e. The monoisotopic (exact) mass is 755 g/mol. The molecule has 3 rings (SSSR count). The third-order valence-electron chi connectivity index (χ3n) is 7.63. The molecule has 3 aliphatic heterocycles. The fourth-order valence-electron chi connectivity index (χ4n) is 5.58. The summed E-state index contributed by atoms with van der Waals surface area (Å²) in [4.78, 5) is 37.7.